The molecule has 0 aliphatic heterocycles. The van der Waals surface area contributed by atoms with Crippen LogP contribution in [-0.4, -0.2) is 28.8 Å². The lowest BCUT2D eigenvalue weighted by Gasteiger charge is -2.24. The molecule has 0 bridgehead atoms. The molecule has 1 atom stereocenters. The number of aromatic nitrogens is 1. The van der Waals surface area contributed by atoms with Crippen molar-refractivity contribution >= 4 is 5.82 Å². The van der Waals surface area contributed by atoms with Crippen LogP contribution >= 0.6 is 0 Å². The van der Waals surface area contributed by atoms with Crippen LogP contribution in [0, 0.1) is 5.92 Å². The Bertz CT molecular complexity index is 364. The predicted molar refractivity (Wildman–Crippen MR) is 75.3 cm³/mol. The number of rotatable bonds is 7. The Balaban J connectivity index is 2.42. The van der Waals surface area contributed by atoms with Crippen molar-refractivity contribution < 1.29 is 5.11 Å². The van der Waals surface area contributed by atoms with Crippen molar-refractivity contribution in [3.63, 3.8) is 0 Å². The Hall–Kier alpha value is -1.13. The molecule has 0 amide bonds. The molecule has 1 rings (SSSR count). The fraction of sp³-hybridized carbons (Fsp3) is 0.643. The van der Waals surface area contributed by atoms with Gasteiger partial charge in [-0.1, -0.05) is 19.9 Å². The van der Waals surface area contributed by atoms with Gasteiger partial charge in [-0.3, -0.25) is 0 Å². The van der Waals surface area contributed by atoms with Gasteiger partial charge in [0.2, 0.25) is 0 Å². The Morgan fingerprint density at radius 2 is 2.22 bits per heavy atom. The highest BCUT2D eigenvalue weighted by atomic mass is 16.3. The summed E-state index contributed by atoms with van der Waals surface area (Å²) in [6, 6.07) is 3.76. The Kier molecular flexibility index (Phi) is 5.56. The molecule has 4 heteroatoms. The average molecular weight is 251 g/mol. The van der Waals surface area contributed by atoms with Gasteiger partial charge in [0.1, 0.15) is 5.82 Å². The zero-order valence-corrected chi connectivity index (χ0v) is 11.6. The van der Waals surface area contributed by atoms with Crippen molar-refractivity contribution in [2.45, 2.75) is 39.2 Å². The number of nitrogens with zero attached hydrogens (tertiary/aromatic N) is 1. The van der Waals surface area contributed by atoms with Gasteiger partial charge in [-0.2, -0.15) is 0 Å². The number of pyridine rings is 1. The zero-order valence-electron chi connectivity index (χ0n) is 11.6. The summed E-state index contributed by atoms with van der Waals surface area (Å²) < 4.78 is 0. The number of hydrogen-bond donors (Lipinski definition) is 3. The van der Waals surface area contributed by atoms with Gasteiger partial charge in [-0.25, -0.2) is 4.98 Å². The van der Waals surface area contributed by atoms with E-state index in [0.29, 0.717) is 24.6 Å². The molecule has 0 fully saturated rings. The maximum absolute atomic E-state index is 10.3. The van der Waals surface area contributed by atoms with Gasteiger partial charge in [0.15, 0.2) is 0 Å². The van der Waals surface area contributed by atoms with E-state index in [9.17, 15) is 5.11 Å². The maximum Gasteiger partial charge on any atom is 0.126 e. The third kappa shape index (κ3) is 5.47. The van der Waals surface area contributed by atoms with Crippen molar-refractivity contribution in [2.75, 3.05) is 18.8 Å². The first kappa shape index (κ1) is 14.9. The molecule has 0 saturated heterocycles. The smallest absolute Gasteiger partial charge is 0.126 e. The van der Waals surface area contributed by atoms with Crippen LogP contribution in [0.2, 0.25) is 0 Å². The Morgan fingerprint density at radius 1 is 1.50 bits per heavy atom. The third-order valence-electron chi connectivity index (χ3n) is 2.89. The van der Waals surface area contributed by atoms with E-state index in [4.69, 9.17) is 5.73 Å². The minimum Gasteiger partial charge on any atom is -0.390 e. The van der Waals surface area contributed by atoms with Gasteiger partial charge in [-0.15, -0.1) is 0 Å². The average Bonchev–Trinajstić information content (AvgIpc) is 2.27. The lowest BCUT2D eigenvalue weighted by atomic mass is 9.93. The third-order valence-corrected chi connectivity index (χ3v) is 2.89. The second kappa shape index (κ2) is 6.71. The molecular formula is C14H25N3O. The molecule has 102 valence electrons. The molecule has 0 aliphatic rings. The first-order valence-electron chi connectivity index (χ1n) is 6.53. The number of nitrogen functional groups attached to an aromatic ring is 1. The monoisotopic (exact) mass is 251 g/mol. The minimum absolute atomic E-state index is 0.507. The fourth-order valence-electron chi connectivity index (χ4n) is 1.85. The van der Waals surface area contributed by atoms with Gasteiger partial charge in [-0.05, 0) is 44.0 Å². The molecule has 4 N–H and O–H groups in total. The molecule has 18 heavy (non-hydrogen) atoms. The predicted octanol–water partition coefficient (Wildman–Crippen LogP) is 1.59. The van der Waals surface area contributed by atoms with E-state index in [-0.39, 0.29) is 0 Å². The lowest BCUT2D eigenvalue weighted by molar-refractivity contribution is 0.0514. The fourth-order valence-corrected chi connectivity index (χ4v) is 1.85. The molecule has 1 aromatic rings. The summed E-state index contributed by atoms with van der Waals surface area (Å²) in [5.41, 5.74) is 5.94. The topological polar surface area (TPSA) is 71.2 Å². The van der Waals surface area contributed by atoms with Crippen LogP contribution < -0.4 is 11.1 Å². The van der Waals surface area contributed by atoms with Crippen molar-refractivity contribution in [2.24, 2.45) is 5.92 Å². The summed E-state index contributed by atoms with van der Waals surface area (Å²) in [6.45, 7) is 7.97. The highest BCUT2D eigenvalue weighted by Crippen LogP contribution is 2.19. The first-order valence-corrected chi connectivity index (χ1v) is 6.53. The van der Waals surface area contributed by atoms with E-state index in [2.05, 4.69) is 24.1 Å². The largest absolute Gasteiger partial charge is 0.390 e. The van der Waals surface area contributed by atoms with Gasteiger partial charge in [0.25, 0.3) is 0 Å². The SMILES string of the molecule is CC(C)CNCCC(C)(O)Cc1cccnc1N. The summed E-state index contributed by atoms with van der Waals surface area (Å²) >= 11 is 0. The van der Waals surface area contributed by atoms with Crippen LogP contribution in [0.3, 0.4) is 0 Å². The number of nitrogens with one attached hydrogen (secondary N) is 1. The number of anilines is 1. The van der Waals surface area contributed by atoms with Crippen LogP contribution in [0.15, 0.2) is 18.3 Å². The van der Waals surface area contributed by atoms with E-state index in [1.807, 2.05) is 19.1 Å². The normalized spacial score (nSPS) is 14.7. The van der Waals surface area contributed by atoms with Crippen LogP contribution in [0.4, 0.5) is 5.82 Å². The summed E-state index contributed by atoms with van der Waals surface area (Å²) in [4.78, 5) is 4.03. The van der Waals surface area contributed by atoms with Gasteiger partial charge in [0, 0.05) is 12.6 Å². The van der Waals surface area contributed by atoms with Crippen molar-refractivity contribution in [1.82, 2.24) is 10.3 Å². The highest BCUT2D eigenvalue weighted by Gasteiger charge is 2.21. The van der Waals surface area contributed by atoms with E-state index < -0.39 is 5.60 Å². The molecule has 1 aromatic heterocycles. The van der Waals surface area contributed by atoms with Crippen LogP contribution in [0.25, 0.3) is 0 Å². The number of hydrogen-bond acceptors (Lipinski definition) is 4. The highest BCUT2D eigenvalue weighted by molar-refractivity contribution is 5.39. The van der Waals surface area contributed by atoms with E-state index in [0.717, 1.165) is 18.7 Å². The Labute approximate surface area is 110 Å². The maximum atomic E-state index is 10.3. The number of nitrogens with two attached hydrogens (primary N) is 1. The van der Waals surface area contributed by atoms with Crippen LogP contribution in [-0.2, 0) is 6.42 Å². The van der Waals surface area contributed by atoms with Gasteiger partial charge < -0.3 is 16.2 Å². The summed E-state index contributed by atoms with van der Waals surface area (Å²) in [5, 5.41) is 13.7. The van der Waals surface area contributed by atoms with Crippen molar-refractivity contribution in [1.29, 1.82) is 0 Å². The lowest BCUT2D eigenvalue weighted by Crippen LogP contribution is -2.33. The summed E-state index contributed by atoms with van der Waals surface area (Å²) in [5.74, 6) is 1.14. The molecule has 0 aromatic carbocycles. The van der Waals surface area contributed by atoms with E-state index in [1.165, 1.54) is 0 Å². The van der Waals surface area contributed by atoms with Crippen LogP contribution in [0.1, 0.15) is 32.8 Å². The first-order chi connectivity index (χ1) is 8.41. The molecule has 4 nitrogen and oxygen atoms in total. The van der Waals surface area contributed by atoms with E-state index in [1.54, 1.807) is 6.20 Å². The summed E-state index contributed by atoms with van der Waals surface area (Å²) in [6.07, 6.45) is 2.90. The van der Waals surface area contributed by atoms with Gasteiger partial charge >= 0.3 is 0 Å². The number of aliphatic hydroxyl groups is 1. The quantitative estimate of drug-likeness (QED) is 0.644. The van der Waals surface area contributed by atoms with Crippen molar-refractivity contribution in [3.8, 4) is 0 Å². The summed E-state index contributed by atoms with van der Waals surface area (Å²) in [7, 11) is 0. The second-order valence-electron chi connectivity index (χ2n) is 5.57. The zero-order chi connectivity index (χ0) is 13.6. The van der Waals surface area contributed by atoms with Crippen molar-refractivity contribution in [3.05, 3.63) is 23.9 Å². The second-order valence-corrected chi connectivity index (χ2v) is 5.57. The van der Waals surface area contributed by atoms with Gasteiger partial charge in [0.05, 0.1) is 5.60 Å². The molecule has 0 spiro atoms. The molecule has 0 radical (unpaired) electrons. The molecule has 0 aliphatic carbocycles. The van der Waals surface area contributed by atoms with E-state index >= 15 is 0 Å². The van der Waals surface area contributed by atoms with Crippen LogP contribution in [0.5, 0.6) is 0 Å². The standard InChI is InChI=1S/C14H25N3O/c1-11(2)10-16-8-6-14(3,18)9-12-5-4-7-17-13(12)15/h4-5,7,11,16,18H,6,8-10H2,1-3H3,(H2,15,17). The Morgan fingerprint density at radius 3 is 2.83 bits per heavy atom. The molecule has 1 heterocycles. The molecular weight excluding hydrogens is 226 g/mol. The molecule has 1 unspecified atom stereocenters. The molecule has 0 saturated carbocycles. The minimum atomic E-state index is -0.749.